The molecule has 18 heavy (non-hydrogen) atoms. The van der Waals surface area contributed by atoms with Crippen LogP contribution >= 0.6 is 27.5 Å². The highest BCUT2D eigenvalue weighted by atomic mass is 79.9. The summed E-state index contributed by atoms with van der Waals surface area (Å²) in [6.07, 6.45) is -4.51. The molecule has 100 valence electrons. The van der Waals surface area contributed by atoms with Gasteiger partial charge in [-0.15, -0.1) is 0 Å². The fraction of sp³-hybridized carbons (Fsp3) is 0.455. The molecular formula is C11H9BrClF3O2. The van der Waals surface area contributed by atoms with Gasteiger partial charge in [0.2, 0.25) is 5.79 Å². The first-order valence-corrected chi connectivity index (χ1v) is 6.60. The highest BCUT2D eigenvalue weighted by Gasteiger charge is 2.45. The van der Waals surface area contributed by atoms with Gasteiger partial charge in [-0.1, -0.05) is 33.6 Å². The van der Waals surface area contributed by atoms with Gasteiger partial charge in [-0.3, -0.25) is 0 Å². The Morgan fingerprint density at radius 1 is 1.28 bits per heavy atom. The Morgan fingerprint density at radius 3 is 2.39 bits per heavy atom. The van der Waals surface area contributed by atoms with Crippen LogP contribution in [0.1, 0.15) is 11.1 Å². The Balaban J connectivity index is 2.56. The number of hydrogen-bond acceptors (Lipinski definition) is 2. The van der Waals surface area contributed by atoms with Gasteiger partial charge in [-0.25, -0.2) is 0 Å². The highest BCUT2D eigenvalue weighted by molar-refractivity contribution is 9.09. The molecule has 2 nitrogen and oxygen atoms in total. The maximum absolute atomic E-state index is 13.0. The predicted molar refractivity (Wildman–Crippen MR) is 63.8 cm³/mol. The zero-order chi connectivity index (χ0) is 13.4. The summed E-state index contributed by atoms with van der Waals surface area (Å²) in [6, 6.07) is 3.56. The Kier molecular flexibility index (Phi) is 3.92. The van der Waals surface area contributed by atoms with E-state index in [2.05, 4.69) is 15.9 Å². The van der Waals surface area contributed by atoms with Crippen LogP contribution in [0, 0.1) is 0 Å². The molecule has 0 aliphatic carbocycles. The highest BCUT2D eigenvalue weighted by Crippen LogP contribution is 2.42. The molecule has 1 aromatic rings. The molecule has 0 aromatic heterocycles. The van der Waals surface area contributed by atoms with E-state index in [9.17, 15) is 13.2 Å². The molecular weight excluding hydrogens is 336 g/mol. The zero-order valence-corrected chi connectivity index (χ0v) is 11.4. The first-order valence-electron chi connectivity index (χ1n) is 5.10. The van der Waals surface area contributed by atoms with Crippen molar-refractivity contribution in [2.75, 3.05) is 18.5 Å². The lowest BCUT2D eigenvalue weighted by atomic mass is 10.00. The molecule has 0 spiro atoms. The van der Waals surface area contributed by atoms with Crippen LogP contribution in [0.25, 0.3) is 0 Å². The van der Waals surface area contributed by atoms with Crippen LogP contribution in [-0.4, -0.2) is 18.5 Å². The molecule has 1 aliphatic rings. The van der Waals surface area contributed by atoms with Gasteiger partial charge in [0.15, 0.2) is 0 Å². The van der Waals surface area contributed by atoms with E-state index in [4.69, 9.17) is 21.1 Å². The maximum Gasteiger partial charge on any atom is 0.416 e. The molecule has 0 radical (unpaired) electrons. The van der Waals surface area contributed by atoms with Gasteiger partial charge in [-0.2, -0.15) is 13.2 Å². The average molecular weight is 346 g/mol. The quantitative estimate of drug-likeness (QED) is 0.756. The number of halogens is 5. The summed E-state index contributed by atoms with van der Waals surface area (Å²) in [6.45, 7) is 0.511. The van der Waals surface area contributed by atoms with Crippen molar-refractivity contribution in [3.05, 3.63) is 34.3 Å². The molecule has 7 heteroatoms. The minimum atomic E-state index is -4.51. The molecule has 0 atom stereocenters. The van der Waals surface area contributed by atoms with Crippen molar-refractivity contribution in [2.45, 2.75) is 12.0 Å². The van der Waals surface area contributed by atoms with Gasteiger partial charge in [0.1, 0.15) is 0 Å². The molecule has 0 saturated carbocycles. The Hall–Kier alpha value is -0.300. The predicted octanol–water partition coefficient (Wildman–Crippen LogP) is 3.95. The van der Waals surface area contributed by atoms with E-state index in [0.29, 0.717) is 0 Å². The summed E-state index contributed by atoms with van der Waals surface area (Å²) in [5.74, 6) is -1.39. The molecule has 0 unspecified atom stereocenters. The molecule has 0 N–H and O–H groups in total. The lowest BCUT2D eigenvalue weighted by Gasteiger charge is -2.28. The topological polar surface area (TPSA) is 18.5 Å². The Bertz CT molecular complexity index is 444. The summed E-state index contributed by atoms with van der Waals surface area (Å²) in [5, 5.41) is 0.138. The van der Waals surface area contributed by atoms with Crippen molar-refractivity contribution in [1.29, 1.82) is 0 Å². The standard InChI is InChI=1S/C11H9BrClF3O2/c12-6-10(17-3-4-18-10)8-2-1-7(13)5-9(8)11(14,15)16/h1-2,5H,3-4,6H2. The van der Waals surface area contributed by atoms with Gasteiger partial charge < -0.3 is 9.47 Å². The molecule has 0 amide bonds. The van der Waals surface area contributed by atoms with Crippen LogP contribution in [0.3, 0.4) is 0 Å². The number of benzene rings is 1. The smallest absolute Gasteiger partial charge is 0.343 e. The zero-order valence-electron chi connectivity index (χ0n) is 9.06. The normalized spacial score (nSPS) is 19.2. The first-order chi connectivity index (χ1) is 8.39. The molecule has 1 heterocycles. The van der Waals surface area contributed by atoms with Crippen LogP contribution in [0.15, 0.2) is 18.2 Å². The molecule has 1 aliphatic heterocycles. The van der Waals surface area contributed by atoms with Crippen molar-refractivity contribution < 1.29 is 22.6 Å². The van der Waals surface area contributed by atoms with Crippen LogP contribution in [0.2, 0.25) is 5.02 Å². The number of hydrogen-bond donors (Lipinski definition) is 0. The molecule has 0 bridgehead atoms. The van der Waals surface area contributed by atoms with Crippen LogP contribution in [0.5, 0.6) is 0 Å². The third-order valence-corrected chi connectivity index (χ3v) is 3.60. The van der Waals surface area contributed by atoms with Gasteiger partial charge in [-0.05, 0) is 12.1 Å². The van der Waals surface area contributed by atoms with Crippen molar-refractivity contribution in [2.24, 2.45) is 0 Å². The molecule has 2 rings (SSSR count). The largest absolute Gasteiger partial charge is 0.416 e. The van der Waals surface area contributed by atoms with Crippen LogP contribution in [-0.2, 0) is 21.4 Å². The second kappa shape index (κ2) is 5.00. The lowest BCUT2D eigenvalue weighted by Crippen LogP contribution is -2.32. The fourth-order valence-corrected chi connectivity index (χ4v) is 2.64. The minimum absolute atomic E-state index is 0.0220. The van der Waals surface area contributed by atoms with E-state index in [1.54, 1.807) is 0 Å². The van der Waals surface area contributed by atoms with Gasteiger partial charge in [0.05, 0.1) is 24.1 Å². The Morgan fingerprint density at radius 2 is 1.89 bits per heavy atom. The lowest BCUT2D eigenvalue weighted by molar-refractivity contribution is -0.163. The van der Waals surface area contributed by atoms with E-state index in [1.807, 2.05) is 0 Å². The number of alkyl halides is 4. The van der Waals surface area contributed by atoms with Crippen molar-refractivity contribution in [3.63, 3.8) is 0 Å². The van der Waals surface area contributed by atoms with E-state index >= 15 is 0 Å². The monoisotopic (exact) mass is 344 g/mol. The van der Waals surface area contributed by atoms with Crippen LogP contribution in [0.4, 0.5) is 13.2 Å². The summed E-state index contributed by atoms with van der Waals surface area (Å²) < 4.78 is 49.7. The summed E-state index contributed by atoms with van der Waals surface area (Å²) in [4.78, 5) is 0. The van der Waals surface area contributed by atoms with E-state index < -0.39 is 17.5 Å². The van der Waals surface area contributed by atoms with E-state index in [1.165, 1.54) is 12.1 Å². The average Bonchev–Trinajstić information content (AvgIpc) is 2.77. The third kappa shape index (κ3) is 2.52. The summed E-state index contributed by atoms with van der Waals surface area (Å²) >= 11 is 8.76. The number of rotatable bonds is 2. The summed E-state index contributed by atoms with van der Waals surface area (Å²) in [7, 11) is 0. The first kappa shape index (κ1) is 14.1. The van der Waals surface area contributed by atoms with Gasteiger partial charge >= 0.3 is 6.18 Å². The Labute approximate surface area is 115 Å². The SMILES string of the molecule is FC(F)(F)c1cc(Cl)ccc1C1(CBr)OCCO1. The second-order valence-electron chi connectivity index (χ2n) is 3.77. The maximum atomic E-state index is 13.0. The molecule has 1 fully saturated rings. The second-order valence-corrected chi connectivity index (χ2v) is 4.77. The van der Waals surface area contributed by atoms with E-state index in [0.717, 1.165) is 6.07 Å². The fourth-order valence-electron chi connectivity index (χ4n) is 1.84. The molecule has 1 saturated heterocycles. The van der Waals surface area contributed by atoms with Crippen LogP contribution < -0.4 is 0 Å². The van der Waals surface area contributed by atoms with Crippen molar-refractivity contribution in [1.82, 2.24) is 0 Å². The van der Waals surface area contributed by atoms with Crippen molar-refractivity contribution in [3.8, 4) is 0 Å². The van der Waals surface area contributed by atoms with E-state index in [-0.39, 0.29) is 29.1 Å². The van der Waals surface area contributed by atoms with Gasteiger partial charge in [0.25, 0.3) is 0 Å². The number of ether oxygens (including phenoxy) is 2. The summed E-state index contributed by atoms with van der Waals surface area (Å²) in [5.41, 5.74) is -0.898. The van der Waals surface area contributed by atoms with Crippen molar-refractivity contribution >= 4 is 27.5 Å². The minimum Gasteiger partial charge on any atom is -0.343 e. The molecule has 1 aromatic carbocycles. The van der Waals surface area contributed by atoms with Gasteiger partial charge in [0, 0.05) is 10.6 Å². The third-order valence-electron chi connectivity index (χ3n) is 2.63.